The normalized spacial score (nSPS) is 11.8. The van der Waals surface area contributed by atoms with Gasteiger partial charge in [0.15, 0.2) is 5.11 Å². The second kappa shape index (κ2) is 8.33. The summed E-state index contributed by atoms with van der Waals surface area (Å²) in [5.41, 5.74) is 0. The van der Waals surface area contributed by atoms with E-state index in [1.807, 2.05) is 13.8 Å². The minimum atomic E-state index is -0.272. The fraction of sp³-hybridized carbons (Fsp3) is 0.818. The lowest BCUT2D eigenvalue weighted by molar-refractivity contribution is -0.131. The highest BCUT2D eigenvalue weighted by Crippen LogP contribution is 1.91. The van der Waals surface area contributed by atoms with Gasteiger partial charge in [0, 0.05) is 20.1 Å². The Hall–Kier alpha value is -0.840. The van der Waals surface area contributed by atoms with Crippen molar-refractivity contribution in [1.82, 2.24) is 15.5 Å². The number of rotatable bonds is 6. The predicted octanol–water partition coefficient (Wildman–Crippen LogP) is 1.12. The summed E-state index contributed by atoms with van der Waals surface area (Å²) in [6.45, 7) is 7.46. The van der Waals surface area contributed by atoms with Gasteiger partial charge in [0.25, 0.3) is 0 Å². The van der Waals surface area contributed by atoms with E-state index in [-0.39, 0.29) is 11.9 Å². The lowest BCUT2D eigenvalue weighted by Crippen LogP contribution is -2.48. The minimum Gasteiger partial charge on any atom is -0.363 e. The van der Waals surface area contributed by atoms with E-state index in [0.717, 1.165) is 19.4 Å². The van der Waals surface area contributed by atoms with Gasteiger partial charge in [-0.05, 0) is 32.5 Å². The third-order valence-corrected chi connectivity index (χ3v) is 2.65. The van der Waals surface area contributed by atoms with Crippen LogP contribution in [0.1, 0.15) is 33.6 Å². The number of hydrogen-bond donors (Lipinski definition) is 2. The Balaban J connectivity index is 3.89. The Labute approximate surface area is 104 Å². The Morgan fingerprint density at radius 1 is 1.44 bits per heavy atom. The van der Waals surface area contributed by atoms with Crippen molar-refractivity contribution in [1.29, 1.82) is 0 Å². The predicted molar refractivity (Wildman–Crippen MR) is 71.4 cm³/mol. The largest absolute Gasteiger partial charge is 0.363 e. The van der Waals surface area contributed by atoms with Crippen molar-refractivity contribution in [2.75, 3.05) is 20.1 Å². The molecule has 0 aromatic rings. The molecule has 0 spiro atoms. The molecule has 0 aliphatic carbocycles. The number of likely N-dealkylation sites (N-methyl/N-ethyl adjacent to an activating group) is 1. The molecule has 4 nitrogen and oxygen atoms in total. The smallest absolute Gasteiger partial charge is 0.244 e. The van der Waals surface area contributed by atoms with Crippen LogP contribution >= 0.6 is 12.2 Å². The van der Waals surface area contributed by atoms with E-state index in [9.17, 15) is 4.79 Å². The highest BCUT2D eigenvalue weighted by atomic mass is 32.1. The molecule has 2 N–H and O–H groups in total. The molecule has 0 heterocycles. The fourth-order valence-corrected chi connectivity index (χ4v) is 1.45. The quantitative estimate of drug-likeness (QED) is 0.544. The molecule has 5 heteroatoms. The fourth-order valence-electron chi connectivity index (χ4n) is 1.17. The third-order valence-electron chi connectivity index (χ3n) is 2.38. The zero-order valence-electron chi connectivity index (χ0n) is 10.7. The molecule has 0 bridgehead atoms. The molecule has 1 atom stereocenters. The summed E-state index contributed by atoms with van der Waals surface area (Å²) in [6, 6.07) is -0.272. The first-order chi connectivity index (χ1) is 7.52. The summed E-state index contributed by atoms with van der Waals surface area (Å²) in [7, 11) is 1.79. The second-order valence-corrected chi connectivity index (χ2v) is 4.24. The van der Waals surface area contributed by atoms with Crippen LogP contribution in [-0.2, 0) is 4.79 Å². The summed E-state index contributed by atoms with van der Waals surface area (Å²) in [6.07, 6.45) is 2.21. The van der Waals surface area contributed by atoms with Crippen molar-refractivity contribution < 1.29 is 4.79 Å². The zero-order valence-corrected chi connectivity index (χ0v) is 11.5. The molecule has 0 aliphatic heterocycles. The summed E-state index contributed by atoms with van der Waals surface area (Å²) >= 11 is 5.09. The Morgan fingerprint density at radius 3 is 2.56 bits per heavy atom. The van der Waals surface area contributed by atoms with Gasteiger partial charge in [-0.1, -0.05) is 13.3 Å². The molecule has 0 aliphatic rings. The first-order valence-corrected chi connectivity index (χ1v) is 6.23. The van der Waals surface area contributed by atoms with Crippen LogP contribution in [0, 0.1) is 0 Å². The van der Waals surface area contributed by atoms with Crippen LogP contribution in [0.3, 0.4) is 0 Å². The molecule has 1 amide bonds. The minimum absolute atomic E-state index is 0.0575. The van der Waals surface area contributed by atoms with Gasteiger partial charge in [0.1, 0.15) is 6.04 Å². The molecule has 0 radical (unpaired) electrons. The molecule has 0 saturated carbocycles. The van der Waals surface area contributed by atoms with E-state index in [1.54, 1.807) is 11.9 Å². The van der Waals surface area contributed by atoms with Crippen molar-refractivity contribution >= 4 is 23.2 Å². The highest BCUT2D eigenvalue weighted by molar-refractivity contribution is 7.80. The lowest BCUT2D eigenvalue weighted by atomic mass is 10.3. The molecule has 0 saturated heterocycles. The first kappa shape index (κ1) is 15.2. The monoisotopic (exact) mass is 245 g/mol. The maximum Gasteiger partial charge on any atom is 0.244 e. The number of hydrogen-bond acceptors (Lipinski definition) is 2. The SMILES string of the molecule is CCCCNC(=S)NC(C)C(=O)N(C)CC. The molecular formula is C11H23N3OS. The van der Waals surface area contributed by atoms with Gasteiger partial charge in [-0.2, -0.15) is 0 Å². The summed E-state index contributed by atoms with van der Waals surface area (Å²) in [4.78, 5) is 13.4. The van der Waals surface area contributed by atoms with E-state index in [4.69, 9.17) is 12.2 Å². The third kappa shape index (κ3) is 5.90. The van der Waals surface area contributed by atoms with Crippen molar-refractivity contribution in [3.8, 4) is 0 Å². The van der Waals surface area contributed by atoms with Crippen LogP contribution in [0.15, 0.2) is 0 Å². The number of carbonyl (C=O) groups is 1. The number of nitrogens with zero attached hydrogens (tertiary/aromatic N) is 1. The summed E-state index contributed by atoms with van der Waals surface area (Å²) in [5, 5.41) is 6.61. The van der Waals surface area contributed by atoms with Crippen molar-refractivity contribution in [2.24, 2.45) is 0 Å². The van der Waals surface area contributed by atoms with Crippen LogP contribution in [0.5, 0.6) is 0 Å². The van der Waals surface area contributed by atoms with Gasteiger partial charge in [0.05, 0.1) is 0 Å². The average molecular weight is 245 g/mol. The number of nitrogens with one attached hydrogen (secondary N) is 2. The number of carbonyl (C=O) groups excluding carboxylic acids is 1. The van der Waals surface area contributed by atoms with Gasteiger partial charge >= 0.3 is 0 Å². The van der Waals surface area contributed by atoms with E-state index in [1.165, 1.54) is 0 Å². The molecule has 0 rings (SSSR count). The Bertz CT molecular complexity index is 233. The highest BCUT2D eigenvalue weighted by Gasteiger charge is 2.16. The lowest BCUT2D eigenvalue weighted by Gasteiger charge is -2.21. The average Bonchev–Trinajstić information content (AvgIpc) is 2.27. The zero-order chi connectivity index (χ0) is 12.6. The van der Waals surface area contributed by atoms with Crippen LogP contribution in [-0.4, -0.2) is 42.1 Å². The number of amides is 1. The van der Waals surface area contributed by atoms with Crippen LogP contribution in [0.25, 0.3) is 0 Å². The molecular weight excluding hydrogens is 222 g/mol. The maximum absolute atomic E-state index is 11.7. The van der Waals surface area contributed by atoms with Crippen LogP contribution in [0.2, 0.25) is 0 Å². The van der Waals surface area contributed by atoms with Crippen molar-refractivity contribution in [3.63, 3.8) is 0 Å². The summed E-state index contributed by atoms with van der Waals surface area (Å²) in [5.74, 6) is 0.0575. The van der Waals surface area contributed by atoms with Gasteiger partial charge in [-0.3, -0.25) is 4.79 Å². The van der Waals surface area contributed by atoms with Crippen molar-refractivity contribution in [2.45, 2.75) is 39.7 Å². The molecule has 0 aromatic heterocycles. The second-order valence-electron chi connectivity index (χ2n) is 3.83. The van der Waals surface area contributed by atoms with Crippen molar-refractivity contribution in [3.05, 3.63) is 0 Å². The van der Waals surface area contributed by atoms with Gasteiger partial charge in [0.2, 0.25) is 5.91 Å². The van der Waals surface area contributed by atoms with E-state index >= 15 is 0 Å². The molecule has 1 unspecified atom stereocenters. The van der Waals surface area contributed by atoms with Gasteiger partial charge in [-0.25, -0.2) is 0 Å². The maximum atomic E-state index is 11.7. The van der Waals surface area contributed by atoms with Crippen LogP contribution in [0.4, 0.5) is 0 Å². The Morgan fingerprint density at radius 2 is 2.06 bits per heavy atom. The first-order valence-electron chi connectivity index (χ1n) is 5.82. The molecule has 94 valence electrons. The molecule has 16 heavy (non-hydrogen) atoms. The Kier molecular flexibility index (Phi) is 7.89. The van der Waals surface area contributed by atoms with E-state index in [0.29, 0.717) is 11.7 Å². The topological polar surface area (TPSA) is 44.4 Å². The molecule has 0 aromatic carbocycles. The van der Waals surface area contributed by atoms with Gasteiger partial charge in [-0.15, -0.1) is 0 Å². The number of unbranched alkanes of at least 4 members (excludes halogenated alkanes) is 1. The molecule has 0 fully saturated rings. The summed E-state index contributed by atoms with van der Waals surface area (Å²) < 4.78 is 0. The van der Waals surface area contributed by atoms with Gasteiger partial charge < -0.3 is 15.5 Å². The standard InChI is InChI=1S/C11H23N3OS/c1-5-7-8-12-11(16)13-9(3)10(15)14(4)6-2/h9H,5-8H2,1-4H3,(H2,12,13,16). The van der Waals surface area contributed by atoms with E-state index in [2.05, 4.69) is 17.6 Å². The number of thiocarbonyl (C=S) groups is 1. The van der Waals surface area contributed by atoms with Crippen LogP contribution < -0.4 is 10.6 Å². The van der Waals surface area contributed by atoms with E-state index < -0.39 is 0 Å².